The predicted octanol–water partition coefficient (Wildman–Crippen LogP) is 1.02. The van der Waals surface area contributed by atoms with Crippen molar-refractivity contribution in [2.24, 2.45) is 10.7 Å². The summed E-state index contributed by atoms with van der Waals surface area (Å²) in [6.07, 6.45) is 0. The molecule has 1 unspecified atom stereocenters. The van der Waals surface area contributed by atoms with E-state index in [1.165, 1.54) is 5.56 Å². The second-order valence-corrected chi connectivity index (χ2v) is 3.99. The van der Waals surface area contributed by atoms with Gasteiger partial charge in [-0.25, -0.2) is 4.99 Å². The molecule has 4 nitrogen and oxygen atoms in total. The molecular formula is C11H16N4. The summed E-state index contributed by atoms with van der Waals surface area (Å²) in [6, 6.07) is 6.10. The molecule has 15 heavy (non-hydrogen) atoms. The summed E-state index contributed by atoms with van der Waals surface area (Å²) in [7, 11) is 1.85. The smallest absolute Gasteiger partial charge is 0.183 e. The Morgan fingerprint density at radius 3 is 2.87 bits per heavy atom. The number of aryl methyl sites for hydroxylation is 1. The fraction of sp³-hybridized carbons (Fsp3) is 0.364. The number of anilines is 1. The minimum Gasteiger partial charge on any atom is -0.383 e. The molecule has 0 amide bonds. The van der Waals surface area contributed by atoms with E-state index in [9.17, 15) is 0 Å². The highest BCUT2D eigenvalue weighted by atomic mass is 15.3. The lowest BCUT2D eigenvalue weighted by Crippen LogP contribution is -2.49. The SMILES string of the molecule is CNC1(C)N=C(N)c2ccc(C)cc2N1. The van der Waals surface area contributed by atoms with Gasteiger partial charge in [0, 0.05) is 11.3 Å². The fourth-order valence-electron chi connectivity index (χ4n) is 1.69. The number of rotatable bonds is 1. The number of nitrogens with zero attached hydrogens (tertiary/aromatic N) is 1. The maximum Gasteiger partial charge on any atom is 0.183 e. The number of fused-ring (bicyclic) bond motifs is 1. The molecule has 0 saturated carbocycles. The zero-order valence-corrected chi connectivity index (χ0v) is 9.26. The van der Waals surface area contributed by atoms with E-state index < -0.39 is 5.79 Å². The first kappa shape index (κ1) is 9.98. The van der Waals surface area contributed by atoms with Crippen LogP contribution in [0.3, 0.4) is 0 Å². The Morgan fingerprint density at radius 2 is 2.20 bits per heavy atom. The molecule has 0 aliphatic carbocycles. The van der Waals surface area contributed by atoms with Gasteiger partial charge >= 0.3 is 0 Å². The van der Waals surface area contributed by atoms with Gasteiger partial charge in [-0.3, -0.25) is 5.32 Å². The van der Waals surface area contributed by atoms with Crippen molar-refractivity contribution in [2.75, 3.05) is 12.4 Å². The van der Waals surface area contributed by atoms with Gasteiger partial charge in [0.15, 0.2) is 5.79 Å². The first-order valence-electron chi connectivity index (χ1n) is 4.97. The van der Waals surface area contributed by atoms with Gasteiger partial charge in [0.1, 0.15) is 5.84 Å². The Morgan fingerprint density at radius 1 is 1.47 bits per heavy atom. The van der Waals surface area contributed by atoms with Gasteiger partial charge in [-0.2, -0.15) is 0 Å². The zero-order valence-electron chi connectivity index (χ0n) is 9.26. The summed E-state index contributed by atoms with van der Waals surface area (Å²) in [5, 5.41) is 6.41. The third-order valence-electron chi connectivity index (χ3n) is 2.66. The lowest BCUT2D eigenvalue weighted by molar-refractivity contribution is 0.458. The van der Waals surface area contributed by atoms with Crippen LogP contribution in [-0.4, -0.2) is 18.7 Å². The highest BCUT2D eigenvalue weighted by molar-refractivity contribution is 6.04. The van der Waals surface area contributed by atoms with Crippen LogP contribution in [0, 0.1) is 6.92 Å². The number of nitrogens with two attached hydrogens (primary N) is 1. The summed E-state index contributed by atoms with van der Waals surface area (Å²) in [5.74, 6) is 0.0609. The van der Waals surface area contributed by atoms with Crippen molar-refractivity contribution in [2.45, 2.75) is 19.6 Å². The average molecular weight is 204 g/mol. The topological polar surface area (TPSA) is 62.4 Å². The minimum absolute atomic E-state index is 0.509. The normalized spacial score (nSPS) is 24.1. The monoisotopic (exact) mass is 204 g/mol. The zero-order chi connectivity index (χ0) is 11.1. The van der Waals surface area contributed by atoms with Crippen LogP contribution in [0.2, 0.25) is 0 Å². The number of benzene rings is 1. The quantitative estimate of drug-likeness (QED) is 0.640. The Labute approximate surface area is 89.6 Å². The van der Waals surface area contributed by atoms with Crippen LogP contribution >= 0.6 is 0 Å². The van der Waals surface area contributed by atoms with Crippen LogP contribution in [0.5, 0.6) is 0 Å². The molecule has 0 saturated heterocycles. The van der Waals surface area contributed by atoms with Crippen molar-refractivity contribution in [3.8, 4) is 0 Å². The van der Waals surface area contributed by atoms with Crippen molar-refractivity contribution in [3.05, 3.63) is 29.3 Å². The van der Waals surface area contributed by atoms with Crippen LogP contribution in [0.4, 0.5) is 5.69 Å². The summed E-state index contributed by atoms with van der Waals surface area (Å²) < 4.78 is 0. The number of nitrogens with one attached hydrogen (secondary N) is 2. The number of hydrogen-bond donors (Lipinski definition) is 3. The molecule has 4 N–H and O–H groups in total. The van der Waals surface area contributed by atoms with E-state index in [-0.39, 0.29) is 0 Å². The van der Waals surface area contributed by atoms with Crippen molar-refractivity contribution >= 4 is 11.5 Å². The average Bonchev–Trinajstić information content (AvgIpc) is 2.16. The first-order valence-corrected chi connectivity index (χ1v) is 4.97. The van der Waals surface area contributed by atoms with E-state index in [1.54, 1.807) is 0 Å². The van der Waals surface area contributed by atoms with Gasteiger partial charge < -0.3 is 11.1 Å². The van der Waals surface area contributed by atoms with Crippen LogP contribution in [0.1, 0.15) is 18.1 Å². The molecule has 80 valence electrons. The summed E-state index contributed by atoms with van der Waals surface area (Å²) >= 11 is 0. The number of hydrogen-bond acceptors (Lipinski definition) is 4. The lowest BCUT2D eigenvalue weighted by atomic mass is 10.1. The number of amidine groups is 1. The minimum atomic E-state index is -0.509. The van der Waals surface area contributed by atoms with Crippen molar-refractivity contribution in [1.82, 2.24) is 5.32 Å². The molecule has 2 rings (SSSR count). The standard InChI is InChI=1S/C11H16N4/c1-7-4-5-8-9(6-7)14-11(2,13-3)15-10(8)12/h4-6,13-14H,1-3H3,(H2,12,15). The summed E-state index contributed by atoms with van der Waals surface area (Å²) in [6.45, 7) is 4.01. The highest BCUT2D eigenvalue weighted by Gasteiger charge is 2.27. The Balaban J connectivity index is 2.51. The van der Waals surface area contributed by atoms with Crippen LogP contribution in [-0.2, 0) is 0 Å². The molecule has 0 spiro atoms. The maximum absolute atomic E-state index is 5.92. The van der Waals surface area contributed by atoms with Gasteiger partial charge in [-0.1, -0.05) is 6.07 Å². The number of aliphatic imine (C=N–C) groups is 1. The Bertz CT molecular complexity index is 425. The van der Waals surface area contributed by atoms with E-state index in [4.69, 9.17) is 5.73 Å². The molecule has 0 bridgehead atoms. The van der Waals surface area contributed by atoms with Gasteiger partial charge in [0.05, 0.1) is 0 Å². The van der Waals surface area contributed by atoms with Gasteiger partial charge in [0.2, 0.25) is 0 Å². The first-order chi connectivity index (χ1) is 7.04. The molecule has 1 aromatic carbocycles. The van der Waals surface area contributed by atoms with Crippen molar-refractivity contribution < 1.29 is 0 Å². The molecule has 1 aliphatic rings. The third-order valence-corrected chi connectivity index (χ3v) is 2.66. The second kappa shape index (κ2) is 3.24. The highest BCUT2D eigenvalue weighted by Crippen LogP contribution is 2.25. The van der Waals surface area contributed by atoms with Crippen molar-refractivity contribution in [3.63, 3.8) is 0 Å². The molecule has 1 atom stereocenters. The second-order valence-electron chi connectivity index (χ2n) is 3.99. The van der Waals surface area contributed by atoms with E-state index in [1.807, 2.05) is 26.1 Å². The van der Waals surface area contributed by atoms with Gasteiger partial charge in [-0.15, -0.1) is 0 Å². The van der Waals surface area contributed by atoms with Crippen molar-refractivity contribution in [1.29, 1.82) is 0 Å². The maximum atomic E-state index is 5.92. The molecular weight excluding hydrogens is 188 g/mol. The fourth-order valence-corrected chi connectivity index (χ4v) is 1.69. The van der Waals surface area contributed by atoms with E-state index in [2.05, 4.69) is 28.6 Å². The Kier molecular flexibility index (Phi) is 2.16. The predicted molar refractivity (Wildman–Crippen MR) is 63.0 cm³/mol. The summed E-state index contributed by atoms with van der Waals surface area (Å²) in [5.41, 5.74) is 9.11. The van der Waals surface area contributed by atoms with Gasteiger partial charge in [0.25, 0.3) is 0 Å². The Hall–Kier alpha value is -1.55. The molecule has 1 aromatic rings. The molecule has 4 heteroatoms. The van der Waals surface area contributed by atoms with Gasteiger partial charge in [-0.05, 0) is 38.6 Å². The van der Waals surface area contributed by atoms with E-state index in [0.29, 0.717) is 5.84 Å². The van der Waals surface area contributed by atoms with E-state index in [0.717, 1.165) is 11.3 Å². The molecule has 1 heterocycles. The van der Waals surface area contributed by atoms with E-state index >= 15 is 0 Å². The van der Waals surface area contributed by atoms with Crippen LogP contribution < -0.4 is 16.4 Å². The lowest BCUT2D eigenvalue weighted by Gasteiger charge is -2.32. The van der Waals surface area contributed by atoms with Crippen LogP contribution in [0.25, 0.3) is 0 Å². The third kappa shape index (κ3) is 1.68. The molecule has 1 aliphatic heterocycles. The molecule has 0 fully saturated rings. The van der Waals surface area contributed by atoms with Crippen LogP contribution in [0.15, 0.2) is 23.2 Å². The molecule has 0 aromatic heterocycles. The molecule has 0 radical (unpaired) electrons. The largest absolute Gasteiger partial charge is 0.383 e. The summed E-state index contributed by atoms with van der Waals surface area (Å²) in [4.78, 5) is 4.38.